The third-order valence-corrected chi connectivity index (χ3v) is 7.23. The summed E-state index contributed by atoms with van der Waals surface area (Å²) in [5.74, 6) is -0.543. The number of carbonyl (C=O) groups excluding carboxylic acids is 1. The molecule has 3 aromatic carbocycles. The average molecular weight is 478 g/mol. The van der Waals surface area contributed by atoms with Gasteiger partial charge in [0.25, 0.3) is 0 Å². The van der Waals surface area contributed by atoms with Gasteiger partial charge in [-0.3, -0.25) is 4.90 Å². The smallest absolute Gasteiger partial charge is 0.321 e. The summed E-state index contributed by atoms with van der Waals surface area (Å²) in [6, 6.07) is 20.2. The van der Waals surface area contributed by atoms with E-state index in [9.17, 15) is 18.7 Å². The number of hydrogen-bond donors (Lipinski definition) is 2. The average Bonchev–Trinajstić information content (AvgIpc) is 2.85. The Labute approximate surface area is 204 Å². The number of nitrogens with one attached hydrogen (secondary N) is 1. The molecule has 3 atom stereocenters. The van der Waals surface area contributed by atoms with Gasteiger partial charge in [0.2, 0.25) is 0 Å². The van der Waals surface area contributed by atoms with Crippen LogP contribution in [0.2, 0.25) is 0 Å². The number of aliphatic hydroxyl groups is 1. The van der Waals surface area contributed by atoms with Gasteiger partial charge in [-0.25, -0.2) is 13.6 Å². The quantitative estimate of drug-likeness (QED) is 0.551. The van der Waals surface area contributed by atoms with E-state index in [2.05, 4.69) is 10.2 Å². The molecule has 5 nitrogen and oxygen atoms in total. The van der Waals surface area contributed by atoms with Crippen molar-refractivity contribution in [1.29, 1.82) is 0 Å². The topological polar surface area (TPSA) is 55.8 Å². The fourth-order valence-electron chi connectivity index (χ4n) is 5.44. The first kappa shape index (κ1) is 23.5. The zero-order chi connectivity index (χ0) is 24.4. The molecule has 2 amide bonds. The second kappa shape index (κ2) is 10.1. The van der Waals surface area contributed by atoms with Crippen molar-refractivity contribution in [2.24, 2.45) is 0 Å². The molecule has 182 valence electrons. The maximum Gasteiger partial charge on any atom is 0.321 e. The highest BCUT2D eigenvalue weighted by Crippen LogP contribution is 2.42. The van der Waals surface area contributed by atoms with Crippen LogP contribution in [0.3, 0.4) is 0 Å². The number of halogens is 2. The highest BCUT2D eigenvalue weighted by Gasteiger charge is 2.49. The molecule has 2 aliphatic rings. The predicted molar refractivity (Wildman–Crippen MR) is 132 cm³/mol. The van der Waals surface area contributed by atoms with Gasteiger partial charge in [0, 0.05) is 42.3 Å². The lowest BCUT2D eigenvalue weighted by Crippen LogP contribution is -2.68. The molecule has 7 heteroatoms. The van der Waals surface area contributed by atoms with Crippen LogP contribution in [-0.2, 0) is 0 Å². The Bertz CT molecular complexity index is 1170. The monoisotopic (exact) mass is 477 g/mol. The van der Waals surface area contributed by atoms with Crippen molar-refractivity contribution < 1.29 is 18.7 Å². The Kier molecular flexibility index (Phi) is 6.79. The van der Waals surface area contributed by atoms with Crippen LogP contribution in [0.1, 0.15) is 24.3 Å². The molecular weight excluding hydrogens is 448 g/mol. The Hall–Kier alpha value is -3.29. The van der Waals surface area contributed by atoms with E-state index in [0.29, 0.717) is 24.3 Å². The van der Waals surface area contributed by atoms with Gasteiger partial charge in [0.15, 0.2) is 0 Å². The van der Waals surface area contributed by atoms with Crippen LogP contribution in [-0.4, -0.2) is 59.3 Å². The zero-order valence-corrected chi connectivity index (χ0v) is 19.4. The number of urea groups is 1. The van der Waals surface area contributed by atoms with Gasteiger partial charge >= 0.3 is 6.03 Å². The molecule has 0 bridgehead atoms. The summed E-state index contributed by atoms with van der Waals surface area (Å²) >= 11 is 0. The Balaban J connectivity index is 1.35. The van der Waals surface area contributed by atoms with E-state index in [-0.39, 0.29) is 42.3 Å². The number of nitrogens with zero attached hydrogens (tertiary/aromatic N) is 2. The summed E-state index contributed by atoms with van der Waals surface area (Å²) in [6.07, 6.45) is 1.81. The standard InChI is InChI=1S/C28H29F2N3O2/c29-21-11-13-22(14-12-21)31-28(35)32-15-3-4-16-33-25(17-32)27(26(33)18-34)20-9-7-19(8-10-20)23-5-1-2-6-24(23)30/h1-2,5-14,25-27,34H,3-4,15-18H2,(H,31,35)/t25-,26-,27-/m1/s1. The van der Waals surface area contributed by atoms with Gasteiger partial charge < -0.3 is 15.3 Å². The van der Waals surface area contributed by atoms with Gasteiger partial charge in [-0.2, -0.15) is 0 Å². The zero-order valence-electron chi connectivity index (χ0n) is 19.4. The summed E-state index contributed by atoms with van der Waals surface area (Å²) in [7, 11) is 0. The van der Waals surface area contributed by atoms with E-state index >= 15 is 0 Å². The van der Waals surface area contributed by atoms with Crippen molar-refractivity contribution in [1.82, 2.24) is 9.80 Å². The third kappa shape index (κ3) is 4.79. The molecule has 0 saturated carbocycles. The SMILES string of the molecule is O=C(Nc1ccc(F)cc1)N1CCCCN2[C@H](CO)[C@H](c3ccc(-c4ccccc4F)cc3)[C@H]2C1. The van der Waals surface area contributed by atoms with Gasteiger partial charge in [0.05, 0.1) is 6.61 Å². The molecule has 2 saturated heterocycles. The van der Waals surface area contributed by atoms with Crippen LogP contribution in [0.25, 0.3) is 11.1 Å². The number of carbonyl (C=O) groups is 1. The van der Waals surface area contributed by atoms with Crippen LogP contribution >= 0.6 is 0 Å². The van der Waals surface area contributed by atoms with Gasteiger partial charge in [-0.1, -0.05) is 42.5 Å². The third-order valence-electron chi connectivity index (χ3n) is 7.23. The highest BCUT2D eigenvalue weighted by atomic mass is 19.1. The van der Waals surface area contributed by atoms with Crippen LogP contribution in [0.15, 0.2) is 72.8 Å². The lowest BCUT2D eigenvalue weighted by molar-refractivity contribution is -0.0585. The predicted octanol–water partition coefficient (Wildman–Crippen LogP) is 5.09. The van der Waals surface area contributed by atoms with E-state index in [1.165, 1.54) is 18.2 Å². The van der Waals surface area contributed by atoms with Crippen LogP contribution in [0, 0.1) is 11.6 Å². The molecule has 2 aliphatic heterocycles. The van der Waals surface area contributed by atoms with Crippen molar-refractivity contribution in [2.45, 2.75) is 30.8 Å². The normalized spacial score (nSPS) is 22.5. The number of hydrogen-bond acceptors (Lipinski definition) is 3. The number of amides is 2. The summed E-state index contributed by atoms with van der Waals surface area (Å²) < 4.78 is 27.5. The molecule has 0 aliphatic carbocycles. The fraction of sp³-hybridized carbons (Fsp3) is 0.321. The maximum atomic E-state index is 14.2. The van der Waals surface area contributed by atoms with Crippen molar-refractivity contribution in [3.05, 3.63) is 90.0 Å². The lowest BCUT2D eigenvalue weighted by atomic mass is 9.74. The summed E-state index contributed by atoms with van der Waals surface area (Å²) in [4.78, 5) is 17.2. The van der Waals surface area contributed by atoms with Crippen LogP contribution in [0.4, 0.5) is 19.3 Å². The van der Waals surface area contributed by atoms with Crippen molar-refractivity contribution in [3.8, 4) is 11.1 Å². The Morgan fingerprint density at radius 3 is 2.37 bits per heavy atom. The van der Waals surface area contributed by atoms with E-state index in [1.54, 1.807) is 24.3 Å². The Morgan fingerprint density at radius 1 is 0.943 bits per heavy atom. The molecule has 2 fully saturated rings. The van der Waals surface area contributed by atoms with Crippen LogP contribution in [0.5, 0.6) is 0 Å². The summed E-state index contributed by atoms with van der Waals surface area (Å²) in [6.45, 7) is 2.09. The van der Waals surface area contributed by atoms with E-state index in [0.717, 1.165) is 30.5 Å². The Morgan fingerprint density at radius 2 is 1.66 bits per heavy atom. The first-order valence-corrected chi connectivity index (χ1v) is 12.1. The van der Waals surface area contributed by atoms with Gasteiger partial charge in [-0.05, 0) is 60.8 Å². The second-order valence-corrected chi connectivity index (χ2v) is 9.27. The lowest BCUT2D eigenvalue weighted by Gasteiger charge is -2.57. The number of rotatable bonds is 4. The first-order chi connectivity index (χ1) is 17.0. The summed E-state index contributed by atoms with van der Waals surface area (Å²) in [5.41, 5.74) is 2.99. The molecular formula is C28H29F2N3O2. The minimum atomic E-state index is -0.349. The number of fused-ring (bicyclic) bond motifs is 1. The number of aliphatic hydroxyl groups excluding tert-OH is 1. The van der Waals surface area contributed by atoms with Crippen molar-refractivity contribution in [2.75, 3.05) is 31.6 Å². The molecule has 3 aromatic rings. The van der Waals surface area contributed by atoms with Gasteiger partial charge in [-0.15, -0.1) is 0 Å². The molecule has 2 N–H and O–H groups in total. The largest absolute Gasteiger partial charge is 0.395 e. The fourth-order valence-corrected chi connectivity index (χ4v) is 5.44. The highest BCUT2D eigenvalue weighted by molar-refractivity contribution is 5.89. The maximum absolute atomic E-state index is 14.2. The first-order valence-electron chi connectivity index (χ1n) is 12.1. The molecule has 0 unspecified atom stereocenters. The van der Waals surface area contributed by atoms with Crippen LogP contribution < -0.4 is 5.32 Å². The van der Waals surface area contributed by atoms with E-state index < -0.39 is 0 Å². The molecule has 5 rings (SSSR count). The van der Waals surface area contributed by atoms with E-state index in [4.69, 9.17) is 0 Å². The molecule has 35 heavy (non-hydrogen) atoms. The molecule has 0 radical (unpaired) electrons. The van der Waals surface area contributed by atoms with Gasteiger partial charge in [0.1, 0.15) is 11.6 Å². The van der Waals surface area contributed by atoms with Crippen molar-refractivity contribution >= 4 is 11.7 Å². The minimum absolute atomic E-state index is 0.0144. The number of benzene rings is 3. The minimum Gasteiger partial charge on any atom is -0.395 e. The van der Waals surface area contributed by atoms with E-state index in [1.807, 2.05) is 35.2 Å². The molecule has 2 heterocycles. The van der Waals surface area contributed by atoms with Crippen molar-refractivity contribution in [3.63, 3.8) is 0 Å². The summed E-state index contributed by atoms with van der Waals surface area (Å²) in [5, 5.41) is 13.0. The molecule has 0 spiro atoms. The second-order valence-electron chi connectivity index (χ2n) is 9.27. The molecule has 0 aromatic heterocycles. The number of anilines is 1.